The van der Waals surface area contributed by atoms with Crippen LogP contribution in [0, 0.1) is 5.92 Å². The SMILES string of the molecule is CCOc1ccc(N(CC(=O)N(Cc2cccc(OC)c2)[C@H](C)C(=O)NCC(C)C)S(C)(=O)=O)cc1. The van der Waals surface area contributed by atoms with Crippen LogP contribution in [-0.2, 0) is 26.2 Å². The Morgan fingerprint density at radius 2 is 1.69 bits per heavy atom. The summed E-state index contributed by atoms with van der Waals surface area (Å²) in [6.45, 7) is 8.03. The van der Waals surface area contributed by atoms with Gasteiger partial charge in [0.05, 0.1) is 25.7 Å². The van der Waals surface area contributed by atoms with Gasteiger partial charge in [0.25, 0.3) is 0 Å². The molecule has 36 heavy (non-hydrogen) atoms. The Balaban J connectivity index is 2.36. The summed E-state index contributed by atoms with van der Waals surface area (Å²) < 4.78 is 37.0. The fourth-order valence-corrected chi connectivity index (χ4v) is 4.34. The molecule has 9 nitrogen and oxygen atoms in total. The zero-order valence-corrected chi connectivity index (χ0v) is 22.7. The molecule has 0 spiro atoms. The molecule has 0 aromatic heterocycles. The molecular formula is C26H37N3O6S. The third-order valence-corrected chi connectivity index (χ3v) is 6.59. The summed E-state index contributed by atoms with van der Waals surface area (Å²) in [5, 5.41) is 2.86. The standard InChI is InChI=1S/C26H37N3O6S/c1-7-35-23-13-11-22(12-14-23)29(36(6,32)33)18-25(30)28(20(4)26(31)27-16-19(2)3)17-21-9-8-10-24(15-21)34-5/h8-15,19-20H,7,16-18H2,1-6H3,(H,27,31)/t20-/m1/s1. The predicted octanol–water partition coefficient (Wildman–Crippen LogP) is 3.05. The van der Waals surface area contributed by atoms with E-state index in [1.165, 1.54) is 4.90 Å². The summed E-state index contributed by atoms with van der Waals surface area (Å²) in [5.41, 5.74) is 1.07. The van der Waals surface area contributed by atoms with E-state index in [0.717, 1.165) is 16.1 Å². The number of ether oxygens (including phenoxy) is 2. The lowest BCUT2D eigenvalue weighted by Crippen LogP contribution is -2.51. The van der Waals surface area contributed by atoms with Gasteiger partial charge in [-0.1, -0.05) is 26.0 Å². The van der Waals surface area contributed by atoms with Crippen molar-refractivity contribution in [3.8, 4) is 11.5 Å². The van der Waals surface area contributed by atoms with Crippen molar-refractivity contribution >= 4 is 27.5 Å². The molecular weight excluding hydrogens is 482 g/mol. The molecule has 2 aromatic rings. The second-order valence-corrected chi connectivity index (χ2v) is 10.8. The van der Waals surface area contributed by atoms with E-state index in [4.69, 9.17) is 9.47 Å². The first kappa shape index (κ1) is 29.0. The highest BCUT2D eigenvalue weighted by atomic mass is 32.2. The van der Waals surface area contributed by atoms with Gasteiger partial charge in [0, 0.05) is 13.1 Å². The van der Waals surface area contributed by atoms with Gasteiger partial charge >= 0.3 is 0 Å². The number of nitrogens with one attached hydrogen (secondary N) is 1. The fourth-order valence-electron chi connectivity index (χ4n) is 3.49. The molecule has 0 fully saturated rings. The van der Waals surface area contributed by atoms with Crippen LogP contribution in [0.5, 0.6) is 11.5 Å². The molecule has 0 saturated heterocycles. The number of amides is 2. The van der Waals surface area contributed by atoms with E-state index in [-0.39, 0.29) is 18.4 Å². The van der Waals surface area contributed by atoms with E-state index in [1.807, 2.05) is 26.8 Å². The van der Waals surface area contributed by atoms with Crippen molar-refractivity contribution in [2.45, 2.75) is 40.3 Å². The average Bonchev–Trinajstić information content (AvgIpc) is 2.84. The second kappa shape index (κ2) is 13.2. The van der Waals surface area contributed by atoms with E-state index >= 15 is 0 Å². The Kier molecular flexibility index (Phi) is 10.6. The van der Waals surface area contributed by atoms with E-state index < -0.39 is 28.5 Å². The zero-order chi connectivity index (χ0) is 26.9. The van der Waals surface area contributed by atoms with Crippen LogP contribution in [0.25, 0.3) is 0 Å². The lowest BCUT2D eigenvalue weighted by molar-refractivity contribution is -0.139. The van der Waals surface area contributed by atoms with E-state index in [9.17, 15) is 18.0 Å². The molecule has 0 aliphatic heterocycles. The topological polar surface area (TPSA) is 105 Å². The molecule has 2 rings (SSSR count). The first-order valence-corrected chi connectivity index (χ1v) is 13.7. The minimum atomic E-state index is -3.80. The van der Waals surface area contributed by atoms with E-state index in [2.05, 4.69) is 5.32 Å². The number of sulfonamides is 1. The van der Waals surface area contributed by atoms with Crippen molar-refractivity contribution in [1.29, 1.82) is 0 Å². The van der Waals surface area contributed by atoms with Crippen LogP contribution in [0.4, 0.5) is 5.69 Å². The quantitative estimate of drug-likeness (QED) is 0.436. The van der Waals surface area contributed by atoms with Gasteiger partial charge < -0.3 is 19.7 Å². The first-order valence-electron chi connectivity index (χ1n) is 11.9. The minimum absolute atomic E-state index is 0.104. The van der Waals surface area contributed by atoms with E-state index in [0.29, 0.717) is 30.3 Å². The molecule has 0 aliphatic rings. The van der Waals surface area contributed by atoms with Crippen LogP contribution >= 0.6 is 0 Å². The normalized spacial score (nSPS) is 12.1. The lowest BCUT2D eigenvalue weighted by Gasteiger charge is -2.31. The van der Waals surface area contributed by atoms with Gasteiger partial charge in [0.15, 0.2) is 0 Å². The number of anilines is 1. The maximum Gasteiger partial charge on any atom is 0.244 e. The highest BCUT2D eigenvalue weighted by Crippen LogP contribution is 2.23. The molecule has 2 amide bonds. The van der Waals surface area contributed by atoms with Gasteiger partial charge in [0.1, 0.15) is 24.1 Å². The zero-order valence-electron chi connectivity index (χ0n) is 21.9. The van der Waals surface area contributed by atoms with Crippen molar-refractivity contribution in [3.05, 3.63) is 54.1 Å². The van der Waals surface area contributed by atoms with Crippen LogP contribution in [-0.4, -0.2) is 64.2 Å². The van der Waals surface area contributed by atoms with Crippen LogP contribution in [0.15, 0.2) is 48.5 Å². The van der Waals surface area contributed by atoms with Gasteiger partial charge in [-0.25, -0.2) is 8.42 Å². The molecule has 1 atom stereocenters. The van der Waals surface area contributed by atoms with Crippen LogP contribution in [0.2, 0.25) is 0 Å². The Morgan fingerprint density at radius 3 is 2.25 bits per heavy atom. The summed E-state index contributed by atoms with van der Waals surface area (Å²) in [6.07, 6.45) is 1.04. The van der Waals surface area contributed by atoms with Crippen LogP contribution < -0.4 is 19.1 Å². The van der Waals surface area contributed by atoms with Gasteiger partial charge in [0.2, 0.25) is 21.8 Å². The largest absolute Gasteiger partial charge is 0.497 e. The average molecular weight is 520 g/mol. The third kappa shape index (κ3) is 8.44. The summed E-state index contributed by atoms with van der Waals surface area (Å²) in [6, 6.07) is 12.8. The number of rotatable bonds is 13. The number of methoxy groups -OCH3 is 1. The van der Waals surface area contributed by atoms with E-state index in [1.54, 1.807) is 56.5 Å². The number of benzene rings is 2. The highest BCUT2D eigenvalue weighted by Gasteiger charge is 2.30. The summed E-state index contributed by atoms with van der Waals surface area (Å²) in [4.78, 5) is 27.8. The Bertz CT molecular complexity index is 1120. The molecule has 2 aromatic carbocycles. The van der Waals surface area contributed by atoms with Crippen molar-refractivity contribution in [2.24, 2.45) is 5.92 Å². The second-order valence-electron chi connectivity index (χ2n) is 8.88. The van der Waals surface area contributed by atoms with Crippen molar-refractivity contribution < 1.29 is 27.5 Å². The van der Waals surface area contributed by atoms with Crippen molar-refractivity contribution in [2.75, 3.05) is 37.4 Å². The molecule has 0 aliphatic carbocycles. The van der Waals surface area contributed by atoms with Gasteiger partial charge in [-0.05, 0) is 61.7 Å². The lowest BCUT2D eigenvalue weighted by atomic mass is 10.1. The molecule has 0 radical (unpaired) electrons. The molecule has 1 N–H and O–H groups in total. The Hall–Kier alpha value is -3.27. The Labute approximate surface area is 214 Å². The highest BCUT2D eigenvalue weighted by molar-refractivity contribution is 7.92. The summed E-state index contributed by atoms with van der Waals surface area (Å²) in [7, 11) is -2.25. The summed E-state index contributed by atoms with van der Waals surface area (Å²) >= 11 is 0. The van der Waals surface area contributed by atoms with Gasteiger partial charge in [-0.2, -0.15) is 0 Å². The van der Waals surface area contributed by atoms with Crippen LogP contribution in [0.1, 0.15) is 33.3 Å². The molecule has 10 heteroatoms. The van der Waals surface area contributed by atoms with Gasteiger partial charge in [-0.3, -0.25) is 13.9 Å². The number of hydrogen-bond donors (Lipinski definition) is 1. The number of hydrogen-bond acceptors (Lipinski definition) is 6. The number of carbonyl (C=O) groups excluding carboxylic acids is 2. The molecule has 0 heterocycles. The molecule has 0 saturated carbocycles. The molecule has 0 bridgehead atoms. The molecule has 0 unspecified atom stereocenters. The van der Waals surface area contributed by atoms with Crippen molar-refractivity contribution in [1.82, 2.24) is 10.2 Å². The van der Waals surface area contributed by atoms with Gasteiger partial charge in [-0.15, -0.1) is 0 Å². The third-order valence-electron chi connectivity index (χ3n) is 5.45. The number of nitrogens with zero attached hydrogens (tertiary/aromatic N) is 2. The maximum atomic E-state index is 13.6. The smallest absolute Gasteiger partial charge is 0.244 e. The van der Waals surface area contributed by atoms with Crippen LogP contribution in [0.3, 0.4) is 0 Å². The molecule has 198 valence electrons. The van der Waals surface area contributed by atoms with Crippen molar-refractivity contribution in [3.63, 3.8) is 0 Å². The monoisotopic (exact) mass is 519 g/mol. The first-order chi connectivity index (χ1) is 17.0. The predicted molar refractivity (Wildman–Crippen MR) is 141 cm³/mol. The fraction of sp³-hybridized carbons (Fsp3) is 0.462. The Morgan fingerprint density at radius 1 is 1.03 bits per heavy atom. The maximum absolute atomic E-state index is 13.6. The number of carbonyl (C=O) groups is 2. The minimum Gasteiger partial charge on any atom is -0.497 e. The summed E-state index contributed by atoms with van der Waals surface area (Å²) in [5.74, 6) is 0.625.